The minimum Gasteiger partial charge on any atom is -0.343 e. The Hall–Kier alpha value is -3.89. The lowest BCUT2D eigenvalue weighted by molar-refractivity contribution is -0.137. The van der Waals surface area contributed by atoms with Crippen molar-refractivity contribution >= 4 is 28.6 Å². The summed E-state index contributed by atoms with van der Waals surface area (Å²) in [6.07, 6.45) is -4.45. The smallest absolute Gasteiger partial charge is 0.343 e. The fraction of sp³-hybridized carbons (Fsp3) is 0.238. The Kier molecular flexibility index (Phi) is 5.33. The number of halogens is 3. The maximum absolute atomic E-state index is 12.7. The second-order valence-electron chi connectivity index (χ2n) is 7.45. The van der Waals surface area contributed by atoms with Crippen LogP contribution >= 0.6 is 0 Å². The van der Waals surface area contributed by atoms with Gasteiger partial charge in [-0.15, -0.1) is 0 Å². The standard InChI is InChI=1S/C21H19F3N6O2/c1-11(2)30(3)20-26-15-9-8-14(10-16(15)27-20)25-18(31)17-28-19(32-29-17)12-4-6-13(7-5-12)21(22,23)24/h4-11H,1-3H3,(H,25,31)(H,26,27). The Labute approximate surface area is 180 Å². The molecule has 8 nitrogen and oxygen atoms in total. The summed E-state index contributed by atoms with van der Waals surface area (Å²) in [6.45, 7) is 4.09. The third-order valence-corrected chi connectivity index (χ3v) is 4.92. The maximum Gasteiger partial charge on any atom is 0.416 e. The molecule has 0 unspecified atom stereocenters. The molecule has 0 saturated carbocycles. The first kappa shape index (κ1) is 21.3. The van der Waals surface area contributed by atoms with Gasteiger partial charge in [0.1, 0.15) is 0 Å². The lowest BCUT2D eigenvalue weighted by Crippen LogP contribution is -2.26. The summed E-state index contributed by atoms with van der Waals surface area (Å²) in [5, 5.41) is 6.29. The van der Waals surface area contributed by atoms with Crippen LogP contribution in [-0.4, -0.2) is 39.1 Å². The first-order valence-corrected chi connectivity index (χ1v) is 9.67. The van der Waals surface area contributed by atoms with Gasteiger partial charge in [-0.3, -0.25) is 4.79 Å². The highest BCUT2D eigenvalue weighted by Crippen LogP contribution is 2.30. The van der Waals surface area contributed by atoms with E-state index in [2.05, 4.69) is 25.4 Å². The summed E-state index contributed by atoms with van der Waals surface area (Å²) in [5.74, 6) is -0.220. The van der Waals surface area contributed by atoms with Gasteiger partial charge in [0, 0.05) is 24.3 Å². The van der Waals surface area contributed by atoms with Gasteiger partial charge in [-0.05, 0) is 56.3 Å². The van der Waals surface area contributed by atoms with Gasteiger partial charge in [-0.2, -0.15) is 18.2 Å². The van der Waals surface area contributed by atoms with Gasteiger partial charge in [0.25, 0.3) is 17.6 Å². The van der Waals surface area contributed by atoms with Gasteiger partial charge in [-0.25, -0.2) is 4.98 Å². The first-order valence-electron chi connectivity index (χ1n) is 9.67. The Morgan fingerprint density at radius 1 is 1.12 bits per heavy atom. The zero-order chi connectivity index (χ0) is 23.0. The molecule has 166 valence electrons. The number of nitrogens with one attached hydrogen (secondary N) is 2. The Morgan fingerprint density at radius 3 is 2.50 bits per heavy atom. The van der Waals surface area contributed by atoms with E-state index in [1.807, 2.05) is 25.8 Å². The van der Waals surface area contributed by atoms with Crippen LogP contribution in [0.15, 0.2) is 47.0 Å². The van der Waals surface area contributed by atoms with Crippen LogP contribution in [0.4, 0.5) is 24.8 Å². The van der Waals surface area contributed by atoms with E-state index < -0.39 is 17.6 Å². The fourth-order valence-corrected chi connectivity index (χ4v) is 2.91. The van der Waals surface area contributed by atoms with Gasteiger partial charge < -0.3 is 19.7 Å². The minimum absolute atomic E-state index is 0.0609. The Bertz CT molecular complexity index is 1260. The zero-order valence-electron chi connectivity index (χ0n) is 17.4. The molecule has 0 saturated heterocycles. The third kappa shape index (κ3) is 4.27. The SMILES string of the molecule is CC(C)N(C)c1nc2ccc(NC(=O)c3noc(-c4ccc(C(F)(F)F)cc4)n3)cc2[nH]1. The molecule has 0 aliphatic rings. The van der Waals surface area contributed by atoms with Gasteiger partial charge in [0.05, 0.1) is 16.6 Å². The van der Waals surface area contributed by atoms with Crippen molar-refractivity contribution in [3.05, 3.63) is 53.9 Å². The number of fused-ring (bicyclic) bond motifs is 1. The maximum atomic E-state index is 12.7. The lowest BCUT2D eigenvalue weighted by Gasteiger charge is -2.19. The molecule has 0 radical (unpaired) electrons. The van der Waals surface area contributed by atoms with Gasteiger partial charge in [0.15, 0.2) is 0 Å². The second-order valence-corrected chi connectivity index (χ2v) is 7.45. The van der Waals surface area contributed by atoms with Crippen LogP contribution in [0.1, 0.15) is 30.0 Å². The molecule has 4 rings (SSSR count). The molecule has 0 aliphatic carbocycles. The summed E-state index contributed by atoms with van der Waals surface area (Å²) in [6, 6.07) is 9.67. The largest absolute Gasteiger partial charge is 0.416 e. The van der Waals surface area contributed by atoms with E-state index >= 15 is 0 Å². The molecule has 0 aliphatic heterocycles. The van der Waals surface area contributed by atoms with E-state index in [9.17, 15) is 18.0 Å². The van der Waals surface area contributed by atoms with Crippen LogP contribution in [0.25, 0.3) is 22.5 Å². The summed E-state index contributed by atoms with van der Waals surface area (Å²) in [5.41, 5.74) is 1.45. The average Bonchev–Trinajstić information content (AvgIpc) is 3.39. The lowest BCUT2D eigenvalue weighted by atomic mass is 10.1. The summed E-state index contributed by atoms with van der Waals surface area (Å²) < 4.78 is 43.1. The number of alkyl halides is 3. The predicted octanol–water partition coefficient (Wildman–Crippen LogP) is 4.73. The van der Waals surface area contributed by atoms with Crippen LogP contribution in [0.2, 0.25) is 0 Å². The van der Waals surface area contributed by atoms with Gasteiger partial charge >= 0.3 is 6.18 Å². The van der Waals surface area contributed by atoms with Crippen molar-refractivity contribution in [2.24, 2.45) is 0 Å². The number of benzene rings is 2. The van der Waals surface area contributed by atoms with Gasteiger partial charge in [-0.1, -0.05) is 5.16 Å². The van der Waals surface area contributed by atoms with E-state index in [1.165, 1.54) is 12.1 Å². The second kappa shape index (κ2) is 7.98. The molecular formula is C21H19F3N6O2. The number of imidazole rings is 1. The highest BCUT2D eigenvalue weighted by molar-refractivity contribution is 6.02. The Balaban J connectivity index is 1.50. The number of aromatic amines is 1. The molecule has 2 N–H and O–H groups in total. The number of nitrogens with zero attached hydrogens (tertiary/aromatic N) is 4. The van der Waals surface area contributed by atoms with Crippen LogP contribution in [-0.2, 0) is 6.18 Å². The van der Waals surface area contributed by atoms with Crippen molar-refractivity contribution in [2.75, 3.05) is 17.3 Å². The monoisotopic (exact) mass is 444 g/mol. The molecule has 2 aromatic heterocycles. The van der Waals surface area contributed by atoms with Crippen LogP contribution in [0, 0.1) is 0 Å². The minimum atomic E-state index is -4.45. The van der Waals surface area contributed by atoms with Gasteiger partial charge in [0.2, 0.25) is 5.95 Å². The van der Waals surface area contributed by atoms with Crippen LogP contribution in [0.5, 0.6) is 0 Å². The van der Waals surface area contributed by atoms with E-state index in [0.717, 1.165) is 23.2 Å². The van der Waals surface area contributed by atoms with Crippen molar-refractivity contribution in [1.29, 1.82) is 0 Å². The zero-order valence-corrected chi connectivity index (χ0v) is 17.4. The van der Waals surface area contributed by atoms with Crippen molar-refractivity contribution in [3.63, 3.8) is 0 Å². The number of hydrogen-bond acceptors (Lipinski definition) is 6. The predicted molar refractivity (Wildman–Crippen MR) is 112 cm³/mol. The topological polar surface area (TPSA) is 99.9 Å². The summed E-state index contributed by atoms with van der Waals surface area (Å²) in [7, 11) is 1.93. The molecule has 0 fully saturated rings. The molecule has 0 spiro atoms. The number of amides is 1. The van der Waals surface area contributed by atoms with Crippen LogP contribution in [0.3, 0.4) is 0 Å². The summed E-state index contributed by atoms with van der Waals surface area (Å²) in [4.78, 5) is 26.2. The number of carbonyl (C=O) groups is 1. The van der Waals surface area contributed by atoms with E-state index in [-0.39, 0.29) is 23.3 Å². The molecule has 2 heterocycles. The van der Waals surface area contributed by atoms with E-state index in [0.29, 0.717) is 11.6 Å². The number of rotatable bonds is 5. The van der Waals surface area contributed by atoms with Crippen LogP contribution < -0.4 is 10.2 Å². The Morgan fingerprint density at radius 2 is 1.84 bits per heavy atom. The van der Waals surface area contributed by atoms with Crippen molar-refractivity contribution in [3.8, 4) is 11.5 Å². The number of H-pyrrole nitrogens is 1. The summed E-state index contributed by atoms with van der Waals surface area (Å²) >= 11 is 0. The number of hydrogen-bond donors (Lipinski definition) is 2. The highest BCUT2D eigenvalue weighted by Gasteiger charge is 2.30. The molecule has 32 heavy (non-hydrogen) atoms. The molecule has 0 bridgehead atoms. The molecule has 0 atom stereocenters. The molecule has 11 heteroatoms. The molecular weight excluding hydrogens is 425 g/mol. The highest BCUT2D eigenvalue weighted by atomic mass is 19.4. The number of anilines is 2. The van der Waals surface area contributed by atoms with E-state index in [4.69, 9.17) is 4.52 Å². The first-order chi connectivity index (χ1) is 15.1. The van der Waals surface area contributed by atoms with Crippen molar-refractivity contribution in [1.82, 2.24) is 20.1 Å². The van der Waals surface area contributed by atoms with E-state index in [1.54, 1.807) is 18.2 Å². The molecule has 4 aromatic rings. The quantitative estimate of drug-likeness (QED) is 0.462. The average molecular weight is 444 g/mol. The van der Waals surface area contributed by atoms with Crippen molar-refractivity contribution < 1.29 is 22.5 Å². The molecule has 1 amide bonds. The normalized spacial score (nSPS) is 11.8. The number of aromatic nitrogens is 4. The number of carbonyl (C=O) groups excluding carboxylic acids is 1. The third-order valence-electron chi connectivity index (χ3n) is 4.92. The fourth-order valence-electron chi connectivity index (χ4n) is 2.91. The molecule has 2 aromatic carbocycles. The van der Waals surface area contributed by atoms with Crippen molar-refractivity contribution in [2.45, 2.75) is 26.1 Å².